The van der Waals surface area contributed by atoms with E-state index in [0.717, 1.165) is 5.69 Å². The third kappa shape index (κ3) is 3.05. The van der Waals surface area contributed by atoms with Gasteiger partial charge in [0, 0.05) is 18.8 Å². The minimum atomic E-state index is 0.0475. The van der Waals surface area contributed by atoms with Crippen LogP contribution in [0.4, 0.5) is 11.5 Å². The predicted molar refractivity (Wildman–Crippen MR) is 82.4 cm³/mol. The summed E-state index contributed by atoms with van der Waals surface area (Å²) in [5.41, 5.74) is 7.12. The van der Waals surface area contributed by atoms with Gasteiger partial charge in [-0.15, -0.1) is 0 Å². The van der Waals surface area contributed by atoms with E-state index in [9.17, 15) is 0 Å². The van der Waals surface area contributed by atoms with Crippen LogP contribution in [0, 0.1) is 0 Å². The van der Waals surface area contributed by atoms with Gasteiger partial charge < -0.3 is 20.6 Å². The van der Waals surface area contributed by atoms with Gasteiger partial charge in [-0.1, -0.05) is 17.3 Å². The number of hydrogen-bond donors (Lipinski definition) is 2. The summed E-state index contributed by atoms with van der Waals surface area (Å²) < 4.78 is 5.59. The summed E-state index contributed by atoms with van der Waals surface area (Å²) in [6.07, 6.45) is 1.69. The second-order valence-corrected chi connectivity index (χ2v) is 4.32. The average molecular weight is 286 g/mol. The minimum Gasteiger partial charge on any atom is -0.490 e. The van der Waals surface area contributed by atoms with Crippen molar-refractivity contribution in [2.45, 2.75) is 6.92 Å². The highest BCUT2D eigenvalue weighted by Gasteiger charge is 2.16. The van der Waals surface area contributed by atoms with Crippen molar-refractivity contribution in [3.8, 4) is 5.75 Å². The first-order chi connectivity index (χ1) is 10.2. The van der Waals surface area contributed by atoms with Gasteiger partial charge in [0.1, 0.15) is 0 Å². The van der Waals surface area contributed by atoms with Crippen LogP contribution in [0.1, 0.15) is 12.5 Å². The van der Waals surface area contributed by atoms with Crippen LogP contribution < -0.4 is 15.4 Å². The molecule has 0 spiro atoms. The molecule has 6 heteroatoms. The van der Waals surface area contributed by atoms with Gasteiger partial charge in [0.15, 0.2) is 17.4 Å². The maximum Gasteiger partial charge on any atom is 0.175 e. The zero-order valence-electron chi connectivity index (χ0n) is 12.0. The second kappa shape index (κ2) is 6.60. The molecule has 2 rings (SSSR count). The lowest BCUT2D eigenvalue weighted by molar-refractivity contribution is 0.318. The largest absolute Gasteiger partial charge is 0.490 e. The number of rotatable bonds is 5. The van der Waals surface area contributed by atoms with Crippen molar-refractivity contribution >= 4 is 17.3 Å². The summed E-state index contributed by atoms with van der Waals surface area (Å²) in [6.45, 7) is 2.47. The standard InChI is InChI=1S/C15H18N4O2/c1-3-21-13-9-6-10-17-15(13)19(2)12-8-5-4-7-11(12)14(16)18-20/h4-10,20H,3H2,1-2H3,(H2,16,18). The Morgan fingerprint density at radius 1 is 1.33 bits per heavy atom. The van der Waals surface area contributed by atoms with Gasteiger partial charge in [0.05, 0.1) is 12.3 Å². The van der Waals surface area contributed by atoms with Crippen LogP contribution in [0.25, 0.3) is 0 Å². The van der Waals surface area contributed by atoms with Crippen molar-refractivity contribution in [2.75, 3.05) is 18.6 Å². The number of amidine groups is 1. The van der Waals surface area contributed by atoms with Gasteiger partial charge in [-0.3, -0.25) is 0 Å². The Hall–Kier alpha value is -2.76. The first kappa shape index (κ1) is 14.6. The number of hydrogen-bond acceptors (Lipinski definition) is 5. The van der Waals surface area contributed by atoms with Gasteiger partial charge in [-0.05, 0) is 31.2 Å². The molecule has 0 radical (unpaired) electrons. The molecular formula is C15H18N4O2. The van der Waals surface area contributed by atoms with E-state index in [-0.39, 0.29) is 5.84 Å². The molecule has 0 bridgehead atoms. The van der Waals surface area contributed by atoms with E-state index in [4.69, 9.17) is 15.7 Å². The van der Waals surface area contributed by atoms with Gasteiger partial charge >= 0.3 is 0 Å². The van der Waals surface area contributed by atoms with Gasteiger partial charge in [-0.25, -0.2) is 4.98 Å². The summed E-state index contributed by atoms with van der Waals surface area (Å²) in [7, 11) is 1.86. The van der Waals surface area contributed by atoms with E-state index in [1.165, 1.54) is 0 Å². The quantitative estimate of drug-likeness (QED) is 0.381. The molecule has 1 aromatic carbocycles. The van der Waals surface area contributed by atoms with Crippen LogP contribution in [0.15, 0.2) is 47.8 Å². The van der Waals surface area contributed by atoms with E-state index >= 15 is 0 Å². The van der Waals surface area contributed by atoms with Crippen LogP contribution >= 0.6 is 0 Å². The number of nitrogens with two attached hydrogens (primary N) is 1. The highest BCUT2D eigenvalue weighted by molar-refractivity contribution is 6.02. The normalized spacial score (nSPS) is 11.2. The van der Waals surface area contributed by atoms with Crippen molar-refractivity contribution in [1.29, 1.82) is 0 Å². The Morgan fingerprint density at radius 3 is 2.81 bits per heavy atom. The molecule has 0 fully saturated rings. The van der Waals surface area contributed by atoms with E-state index in [2.05, 4.69) is 10.1 Å². The summed E-state index contributed by atoms with van der Waals surface area (Å²) in [5, 5.41) is 12.0. The minimum absolute atomic E-state index is 0.0475. The molecule has 6 nitrogen and oxygen atoms in total. The molecule has 0 aliphatic carbocycles. The van der Waals surface area contributed by atoms with Crippen LogP contribution in [-0.2, 0) is 0 Å². The van der Waals surface area contributed by atoms with Crippen LogP contribution in [-0.4, -0.2) is 29.7 Å². The summed E-state index contributed by atoms with van der Waals surface area (Å²) >= 11 is 0. The molecule has 0 aliphatic heterocycles. The fourth-order valence-corrected chi connectivity index (χ4v) is 2.05. The number of pyridine rings is 1. The SMILES string of the molecule is CCOc1cccnc1N(C)c1ccccc1/C(N)=N/O. The number of ether oxygens (including phenoxy) is 1. The van der Waals surface area contributed by atoms with Crippen molar-refractivity contribution in [3.63, 3.8) is 0 Å². The van der Waals surface area contributed by atoms with Crippen LogP contribution in [0.2, 0.25) is 0 Å². The number of oxime groups is 1. The molecule has 0 amide bonds. The molecular weight excluding hydrogens is 268 g/mol. The molecule has 110 valence electrons. The number of nitrogens with zero attached hydrogens (tertiary/aromatic N) is 3. The third-order valence-corrected chi connectivity index (χ3v) is 3.02. The van der Waals surface area contributed by atoms with Gasteiger partial charge in [0.25, 0.3) is 0 Å². The Bertz CT molecular complexity index is 643. The topological polar surface area (TPSA) is 84.0 Å². The van der Waals surface area contributed by atoms with E-state index < -0.39 is 0 Å². The third-order valence-electron chi connectivity index (χ3n) is 3.02. The van der Waals surface area contributed by atoms with Crippen LogP contribution in [0.5, 0.6) is 5.75 Å². The van der Waals surface area contributed by atoms with Gasteiger partial charge in [-0.2, -0.15) is 0 Å². The van der Waals surface area contributed by atoms with E-state index in [0.29, 0.717) is 23.7 Å². The fraction of sp³-hybridized carbons (Fsp3) is 0.200. The van der Waals surface area contributed by atoms with E-state index in [1.807, 2.05) is 49.2 Å². The Morgan fingerprint density at radius 2 is 2.10 bits per heavy atom. The smallest absolute Gasteiger partial charge is 0.175 e. The Balaban J connectivity index is 2.48. The Labute approximate surface area is 123 Å². The maximum atomic E-state index is 8.91. The van der Waals surface area contributed by atoms with Crippen molar-refractivity contribution in [2.24, 2.45) is 10.9 Å². The predicted octanol–water partition coefficient (Wildman–Crippen LogP) is 2.34. The lowest BCUT2D eigenvalue weighted by Gasteiger charge is -2.23. The first-order valence-corrected chi connectivity index (χ1v) is 6.57. The summed E-state index contributed by atoms with van der Waals surface area (Å²) in [5.74, 6) is 1.39. The van der Waals surface area contributed by atoms with E-state index in [1.54, 1.807) is 12.3 Å². The highest BCUT2D eigenvalue weighted by atomic mass is 16.5. The molecule has 2 aromatic rings. The lowest BCUT2D eigenvalue weighted by Crippen LogP contribution is -2.20. The van der Waals surface area contributed by atoms with Crippen molar-refractivity contribution < 1.29 is 9.94 Å². The molecule has 1 aromatic heterocycles. The van der Waals surface area contributed by atoms with Crippen LogP contribution in [0.3, 0.4) is 0 Å². The molecule has 0 atom stereocenters. The molecule has 0 unspecified atom stereocenters. The highest BCUT2D eigenvalue weighted by Crippen LogP contribution is 2.32. The zero-order valence-corrected chi connectivity index (χ0v) is 12.0. The fourth-order valence-electron chi connectivity index (χ4n) is 2.05. The summed E-state index contributed by atoms with van der Waals surface area (Å²) in [4.78, 5) is 6.20. The monoisotopic (exact) mass is 286 g/mol. The van der Waals surface area contributed by atoms with Crippen molar-refractivity contribution in [3.05, 3.63) is 48.2 Å². The number of anilines is 2. The maximum absolute atomic E-state index is 8.91. The summed E-state index contributed by atoms with van der Waals surface area (Å²) in [6, 6.07) is 11.0. The van der Waals surface area contributed by atoms with Crippen molar-refractivity contribution in [1.82, 2.24) is 4.98 Å². The van der Waals surface area contributed by atoms with Gasteiger partial charge in [0.2, 0.25) is 0 Å². The molecule has 1 heterocycles. The second-order valence-electron chi connectivity index (χ2n) is 4.32. The molecule has 0 aliphatic rings. The lowest BCUT2D eigenvalue weighted by atomic mass is 10.1. The molecule has 3 N–H and O–H groups in total. The number of benzene rings is 1. The number of aromatic nitrogens is 1. The molecule has 0 saturated carbocycles. The average Bonchev–Trinajstić information content (AvgIpc) is 2.54. The zero-order chi connectivity index (χ0) is 15.2. The number of para-hydroxylation sites is 1. The Kier molecular flexibility index (Phi) is 4.61. The first-order valence-electron chi connectivity index (χ1n) is 6.57. The molecule has 21 heavy (non-hydrogen) atoms. The molecule has 0 saturated heterocycles.